The first-order valence-electron chi connectivity index (χ1n) is 8.54. The third kappa shape index (κ3) is 5.84. The summed E-state index contributed by atoms with van der Waals surface area (Å²) in [4.78, 5) is 28.0. The molecule has 26 heavy (non-hydrogen) atoms. The Balaban J connectivity index is 1.82. The molecule has 0 saturated carbocycles. The number of hydrogen-bond donors (Lipinski definition) is 2. The number of aryl methyl sites for hydroxylation is 1. The fraction of sp³-hybridized carbons (Fsp3) is 0.421. The number of nitrogens with zero attached hydrogens (tertiary/aromatic N) is 1. The molecule has 1 heterocycles. The van der Waals surface area contributed by atoms with Crippen LogP contribution in [0.4, 0.5) is 5.13 Å². The molecular weight excluding hydrogens is 350 g/mol. The first-order valence-corrected chi connectivity index (χ1v) is 9.42. The minimum absolute atomic E-state index is 0.0811. The Morgan fingerprint density at radius 1 is 1.31 bits per heavy atom. The highest BCUT2D eigenvalue weighted by molar-refractivity contribution is 7.13. The molecule has 0 aliphatic carbocycles. The second-order valence-corrected chi connectivity index (χ2v) is 7.24. The monoisotopic (exact) mass is 375 g/mol. The van der Waals surface area contributed by atoms with Crippen molar-refractivity contribution in [2.75, 3.05) is 19.0 Å². The molecule has 2 rings (SSSR count). The van der Waals surface area contributed by atoms with Crippen molar-refractivity contribution in [1.29, 1.82) is 0 Å². The van der Waals surface area contributed by atoms with Gasteiger partial charge >= 0.3 is 0 Å². The number of benzene rings is 1. The van der Waals surface area contributed by atoms with Crippen LogP contribution in [-0.4, -0.2) is 30.5 Å². The summed E-state index contributed by atoms with van der Waals surface area (Å²) in [5, 5.41) is 7.96. The van der Waals surface area contributed by atoms with Gasteiger partial charge in [-0.1, -0.05) is 31.5 Å². The lowest BCUT2D eigenvalue weighted by Crippen LogP contribution is -2.27. The lowest BCUT2D eigenvalue weighted by molar-refractivity contribution is -0.120. The quantitative estimate of drug-likeness (QED) is 0.743. The Labute approximate surface area is 158 Å². The second kappa shape index (κ2) is 9.33. The molecule has 6 nitrogen and oxygen atoms in total. The Morgan fingerprint density at radius 2 is 2.08 bits per heavy atom. The standard InChI is InChI=1S/C19H25N3O3S/c1-12(2)18(24)22-19-21-15(11-26-19)10-17(23)20-8-7-14-9-13(3)5-6-16(14)25-4/h5-6,9,11-12H,7-8,10H2,1-4H3,(H,20,23)(H,21,22,24). The highest BCUT2D eigenvalue weighted by atomic mass is 32.1. The van der Waals surface area contributed by atoms with Crippen molar-refractivity contribution < 1.29 is 14.3 Å². The topological polar surface area (TPSA) is 80.3 Å². The zero-order valence-corrected chi connectivity index (χ0v) is 16.4. The number of thiazole rings is 1. The zero-order valence-electron chi connectivity index (χ0n) is 15.6. The number of carbonyl (C=O) groups excluding carboxylic acids is 2. The highest BCUT2D eigenvalue weighted by Crippen LogP contribution is 2.20. The van der Waals surface area contributed by atoms with Crippen LogP contribution in [0.1, 0.15) is 30.7 Å². The van der Waals surface area contributed by atoms with Crippen LogP contribution in [0.2, 0.25) is 0 Å². The van der Waals surface area contributed by atoms with Gasteiger partial charge in [0.1, 0.15) is 5.75 Å². The SMILES string of the molecule is COc1ccc(C)cc1CCNC(=O)Cc1csc(NC(=O)C(C)C)n1. The fourth-order valence-corrected chi connectivity index (χ4v) is 3.07. The Kier molecular flexibility index (Phi) is 7.15. The van der Waals surface area contributed by atoms with Crippen molar-refractivity contribution in [3.05, 3.63) is 40.4 Å². The van der Waals surface area contributed by atoms with E-state index < -0.39 is 0 Å². The number of nitrogens with one attached hydrogen (secondary N) is 2. The van der Waals surface area contributed by atoms with Gasteiger partial charge in [0, 0.05) is 17.8 Å². The van der Waals surface area contributed by atoms with Crippen molar-refractivity contribution in [3.63, 3.8) is 0 Å². The molecule has 0 aliphatic rings. The molecule has 0 bridgehead atoms. The Hall–Kier alpha value is -2.41. The fourth-order valence-electron chi connectivity index (χ4n) is 2.36. The molecule has 0 radical (unpaired) electrons. The van der Waals surface area contributed by atoms with E-state index in [-0.39, 0.29) is 24.2 Å². The van der Waals surface area contributed by atoms with Gasteiger partial charge in [0.15, 0.2) is 5.13 Å². The van der Waals surface area contributed by atoms with Gasteiger partial charge in [0.2, 0.25) is 11.8 Å². The summed E-state index contributed by atoms with van der Waals surface area (Å²) in [6, 6.07) is 6.00. The molecular formula is C19H25N3O3S. The number of methoxy groups -OCH3 is 1. The molecule has 0 saturated heterocycles. The van der Waals surface area contributed by atoms with Gasteiger partial charge in [-0.05, 0) is 25.0 Å². The molecule has 0 fully saturated rings. The largest absolute Gasteiger partial charge is 0.496 e. The van der Waals surface area contributed by atoms with Gasteiger partial charge in [0.05, 0.1) is 19.2 Å². The van der Waals surface area contributed by atoms with E-state index in [1.807, 2.05) is 32.9 Å². The molecule has 0 atom stereocenters. The maximum Gasteiger partial charge on any atom is 0.228 e. The molecule has 2 aromatic rings. The van der Waals surface area contributed by atoms with E-state index in [2.05, 4.69) is 21.7 Å². The Bertz CT molecular complexity index is 771. The van der Waals surface area contributed by atoms with Crippen LogP contribution in [0.3, 0.4) is 0 Å². The maximum absolute atomic E-state index is 12.1. The first kappa shape index (κ1) is 19.9. The van der Waals surface area contributed by atoms with Crippen LogP contribution >= 0.6 is 11.3 Å². The van der Waals surface area contributed by atoms with Gasteiger partial charge in [0.25, 0.3) is 0 Å². The van der Waals surface area contributed by atoms with E-state index in [0.29, 0.717) is 23.8 Å². The average Bonchev–Trinajstić information content (AvgIpc) is 3.01. The summed E-state index contributed by atoms with van der Waals surface area (Å²) >= 11 is 1.32. The van der Waals surface area contributed by atoms with Crippen molar-refractivity contribution in [2.45, 2.75) is 33.6 Å². The second-order valence-electron chi connectivity index (χ2n) is 6.38. The molecule has 2 amide bonds. The lowest BCUT2D eigenvalue weighted by Gasteiger charge is -2.10. The smallest absolute Gasteiger partial charge is 0.228 e. The van der Waals surface area contributed by atoms with Crippen molar-refractivity contribution >= 4 is 28.3 Å². The lowest BCUT2D eigenvalue weighted by atomic mass is 10.1. The van der Waals surface area contributed by atoms with Gasteiger partial charge in [-0.15, -0.1) is 11.3 Å². The van der Waals surface area contributed by atoms with Crippen LogP contribution < -0.4 is 15.4 Å². The third-order valence-corrected chi connectivity index (χ3v) is 4.61. The minimum atomic E-state index is -0.107. The molecule has 1 aromatic heterocycles. The van der Waals surface area contributed by atoms with E-state index in [1.165, 1.54) is 11.3 Å². The predicted octanol–water partition coefficient (Wildman–Crippen LogP) is 2.96. The molecule has 0 spiro atoms. The van der Waals surface area contributed by atoms with Crippen LogP contribution in [0.15, 0.2) is 23.6 Å². The normalized spacial score (nSPS) is 10.7. The van der Waals surface area contributed by atoms with Crippen molar-refractivity contribution in [1.82, 2.24) is 10.3 Å². The summed E-state index contributed by atoms with van der Waals surface area (Å²) in [7, 11) is 1.64. The van der Waals surface area contributed by atoms with Gasteiger partial charge in [-0.25, -0.2) is 4.98 Å². The van der Waals surface area contributed by atoms with E-state index in [0.717, 1.165) is 16.9 Å². The predicted molar refractivity (Wildman–Crippen MR) is 104 cm³/mol. The van der Waals surface area contributed by atoms with Crippen LogP contribution in [-0.2, 0) is 22.4 Å². The van der Waals surface area contributed by atoms with Crippen LogP contribution in [0.25, 0.3) is 0 Å². The van der Waals surface area contributed by atoms with E-state index in [1.54, 1.807) is 12.5 Å². The summed E-state index contributed by atoms with van der Waals surface area (Å²) in [5.74, 6) is 0.547. The molecule has 2 N–H and O–H groups in total. The maximum atomic E-state index is 12.1. The number of anilines is 1. The highest BCUT2D eigenvalue weighted by Gasteiger charge is 2.12. The van der Waals surface area contributed by atoms with Gasteiger partial charge in [-0.3, -0.25) is 9.59 Å². The summed E-state index contributed by atoms with van der Waals surface area (Å²) in [6.45, 7) is 6.19. The number of amides is 2. The van der Waals surface area contributed by atoms with Gasteiger partial charge < -0.3 is 15.4 Å². The average molecular weight is 375 g/mol. The van der Waals surface area contributed by atoms with Crippen molar-refractivity contribution in [3.8, 4) is 5.75 Å². The molecule has 140 valence electrons. The zero-order chi connectivity index (χ0) is 19.1. The van der Waals surface area contributed by atoms with E-state index in [9.17, 15) is 9.59 Å². The number of rotatable bonds is 8. The molecule has 0 aliphatic heterocycles. The molecule has 1 aromatic carbocycles. The van der Waals surface area contributed by atoms with Crippen molar-refractivity contribution in [2.24, 2.45) is 5.92 Å². The third-order valence-electron chi connectivity index (χ3n) is 3.80. The van der Waals surface area contributed by atoms with Gasteiger partial charge in [-0.2, -0.15) is 0 Å². The summed E-state index contributed by atoms with van der Waals surface area (Å²) in [5.41, 5.74) is 2.88. The number of hydrogen-bond acceptors (Lipinski definition) is 5. The minimum Gasteiger partial charge on any atom is -0.496 e. The number of carbonyl (C=O) groups is 2. The number of aromatic nitrogens is 1. The summed E-state index contributed by atoms with van der Waals surface area (Å²) in [6.07, 6.45) is 0.891. The number of ether oxygens (including phenoxy) is 1. The molecule has 7 heteroatoms. The summed E-state index contributed by atoms with van der Waals surface area (Å²) < 4.78 is 5.35. The van der Waals surface area contributed by atoms with Crippen LogP contribution in [0.5, 0.6) is 5.75 Å². The van der Waals surface area contributed by atoms with Crippen LogP contribution in [0, 0.1) is 12.8 Å². The first-order chi connectivity index (χ1) is 12.4. The Morgan fingerprint density at radius 3 is 2.77 bits per heavy atom. The molecule has 0 unspecified atom stereocenters. The van der Waals surface area contributed by atoms with E-state index in [4.69, 9.17) is 4.74 Å². The van der Waals surface area contributed by atoms with E-state index >= 15 is 0 Å².